The number of hydrogen-bond donors (Lipinski definition) is 0. The van der Waals surface area contributed by atoms with Gasteiger partial charge in [-0.3, -0.25) is 0 Å². The molecule has 0 N–H and O–H groups in total. The molecule has 2 unspecified atom stereocenters. The normalized spacial score (nSPS) is 48.6. The third-order valence-corrected chi connectivity index (χ3v) is 0.909. The molecule has 3 heteroatoms. The molecule has 1 saturated heterocycles. The molecule has 46 valence electrons. The van der Waals surface area contributed by atoms with Crippen molar-refractivity contribution in [3.05, 3.63) is 0 Å². The Labute approximate surface area is 49.0 Å². The fraction of sp³-hybridized carbons (Fsp3) is 0.800. The van der Waals surface area contributed by atoms with Crippen molar-refractivity contribution in [2.75, 3.05) is 6.61 Å². The first kappa shape index (κ1) is 4.47. The first-order valence-electron chi connectivity index (χ1n) is 2.92. The van der Waals surface area contributed by atoms with Crippen molar-refractivity contribution in [2.45, 2.75) is 19.3 Å². The molecule has 0 bridgehead atoms. The lowest BCUT2D eigenvalue weighted by atomic mass is 10.4. The number of rotatable bonds is 1. The maximum absolute atomic E-state index is 10.1. The molecule has 1 aliphatic heterocycles. The van der Waals surface area contributed by atoms with Gasteiger partial charge in [-0.15, -0.1) is 0 Å². The third kappa shape index (κ3) is 1.05. The van der Waals surface area contributed by atoms with Crippen LogP contribution in [0.2, 0.25) is 0 Å². The molecule has 0 aromatic heterocycles. The third-order valence-electron chi connectivity index (χ3n) is 0.909. The SMILES string of the molecule is [3H]C1(C=O)COC(C)O1. The Morgan fingerprint density at radius 3 is 3.00 bits per heavy atom. The molecule has 0 saturated carbocycles. The number of carbonyl (C=O) groups is 1. The van der Waals surface area contributed by atoms with E-state index in [1.165, 1.54) is 0 Å². The van der Waals surface area contributed by atoms with E-state index in [0.29, 0.717) is 6.29 Å². The van der Waals surface area contributed by atoms with Crippen molar-refractivity contribution in [3.8, 4) is 0 Å². The summed E-state index contributed by atoms with van der Waals surface area (Å²) in [6.07, 6.45) is -1.43. The van der Waals surface area contributed by atoms with Crippen LogP contribution in [0.5, 0.6) is 0 Å². The van der Waals surface area contributed by atoms with E-state index in [1.54, 1.807) is 6.92 Å². The fourth-order valence-electron chi connectivity index (χ4n) is 0.543. The molecule has 0 aliphatic carbocycles. The summed E-state index contributed by atoms with van der Waals surface area (Å²) in [5.41, 5.74) is 0. The maximum atomic E-state index is 10.1. The van der Waals surface area contributed by atoms with Crippen molar-refractivity contribution in [1.82, 2.24) is 0 Å². The predicted molar refractivity (Wildman–Crippen MR) is 26.4 cm³/mol. The van der Waals surface area contributed by atoms with Gasteiger partial charge in [0.25, 0.3) is 0 Å². The topological polar surface area (TPSA) is 35.5 Å². The molecule has 1 aliphatic rings. The summed E-state index contributed by atoms with van der Waals surface area (Å²) >= 11 is 0. The molecule has 1 rings (SSSR count). The number of ether oxygens (including phenoxy) is 2. The fourth-order valence-corrected chi connectivity index (χ4v) is 0.543. The summed E-state index contributed by atoms with van der Waals surface area (Å²) < 4.78 is 16.7. The van der Waals surface area contributed by atoms with E-state index in [-0.39, 0.29) is 6.61 Å². The van der Waals surface area contributed by atoms with E-state index in [1.807, 2.05) is 0 Å². The van der Waals surface area contributed by atoms with Crippen LogP contribution >= 0.6 is 0 Å². The summed E-state index contributed by atoms with van der Waals surface area (Å²) in [4.78, 5) is 10.1. The Bertz CT molecular complexity index is 127. The van der Waals surface area contributed by atoms with Crippen LogP contribution in [-0.2, 0) is 14.3 Å². The highest BCUT2D eigenvalue weighted by atomic mass is 16.7. The highest BCUT2D eigenvalue weighted by molar-refractivity contribution is 5.56. The van der Waals surface area contributed by atoms with E-state index in [2.05, 4.69) is 0 Å². The molecule has 0 spiro atoms. The molecule has 0 radical (unpaired) electrons. The minimum atomic E-state index is -1.45. The van der Waals surface area contributed by atoms with Gasteiger partial charge in [-0.05, 0) is 6.92 Å². The largest absolute Gasteiger partial charge is 0.350 e. The summed E-state index contributed by atoms with van der Waals surface area (Å²) in [6.45, 7) is 1.69. The van der Waals surface area contributed by atoms with E-state index in [9.17, 15) is 4.79 Å². The van der Waals surface area contributed by atoms with Gasteiger partial charge >= 0.3 is 0 Å². The number of aldehydes is 1. The second kappa shape index (κ2) is 2.24. The van der Waals surface area contributed by atoms with Crippen LogP contribution in [-0.4, -0.2) is 25.3 Å². The van der Waals surface area contributed by atoms with Crippen LogP contribution < -0.4 is 0 Å². The van der Waals surface area contributed by atoms with Crippen LogP contribution in [0.15, 0.2) is 0 Å². The Balaban J connectivity index is 2.54. The molecule has 0 aromatic rings. The monoisotopic (exact) mass is 118 g/mol. The van der Waals surface area contributed by atoms with Gasteiger partial charge in [0.1, 0.15) is 6.08 Å². The zero-order valence-electron chi connectivity index (χ0n) is 5.59. The molecule has 0 aromatic carbocycles. The summed E-state index contributed by atoms with van der Waals surface area (Å²) in [6, 6.07) is 0. The minimum Gasteiger partial charge on any atom is -0.350 e. The average molecular weight is 118 g/mol. The molecule has 1 heterocycles. The molecule has 8 heavy (non-hydrogen) atoms. The highest BCUT2D eigenvalue weighted by Crippen LogP contribution is 2.07. The number of hydrogen-bond acceptors (Lipinski definition) is 3. The van der Waals surface area contributed by atoms with E-state index in [4.69, 9.17) is 10.8 Å². The first-order valence-corrected chi connectivity index (χ1v) is 2.42. The Morgan fingerprint density at radius 1 is 2.00 bits per heavy atom. The lowest BCUT2D eigenvalue weighted by molar-refractivity contribution is -0.118. The van der Waals surface area contributed by atoms with Gasteiger partial charge in [0.2, 0.25) is 0 Å². The van der Waals surface area contributed by atoms with E-state index >= 15 is 0 Å². The van der Waals surface area contributed by atoms with Gasteiger partial charge in [-0.2, -0.15) is 0 Å². The van der Waals surface area contributed by atoms with Crippen molar-refractivity contribution in [3.63, 3.8) is 0 Å². The van der Waals surface area contributed by atoms with E-state index in [0.717, 1.165) is 0 Å². The van der Waals surface area contributed by atoms with E-state index < -0.39 is 12.4 Å². The second-order valence-electron chi connectivity index (χ2n) is 1.58. The van der Waals surface area contributed by atoms with Gasteiger partial charge < -0.3 is 14.3 Å². The molecule has 3 nitrogen and oxygen atoms in total. The second-order valence-corrected chi connectivity index (χ2v) is 1.58. The van der Waals surface area contributed by atoms with Gasteiger partial charge in [-0.25, -0.2) is 0 Å². The van der Waals surface area contributed by atoms with Crippen molar-refractivity contribution in [1.29, 1.82) is 0 Å². The molecular formula is C5H8O3. The molecule has 0 amide bonds. The molecular weight excluding hydrogens is 108 g/mol. The molecule has 2 atom stereocenters. The van der Waals surface area contributed by atoms with Crippen molar-refractivity contribution < 1.29 is 15.6 Å². The van der Waals surface area contributed by atoms with Gasteiger partial charge in [-0.1, -0.05) is 0 Å². The Kier molecular flexibility index (Phi) is 1.25. The first-order chi connectivity index (χ1) is 4.16. The zero-order valence-corrected chi connectivity index (χ0v) is 4.59. The van der Waals surface area contributed by atoms with Gasteiger partial charge in [0.05, 0.1) is 7.98 Å². The lowest BCUT2D eigenvalue weighted by Gasteiger charge is -1.97. The van der Waals surface area contributed by atoms with Crippen molar-refractivity contribution >= 4 is 6.29 Å². The smallest absolute Gasteiger partial charge is 0.156 e. The van der Waals surface area contributed by atoms with Crippen LogP contribution in [0.1, 0.15) is 8.29 Å². The minimum absolute atomic E-state index is 0.0394. The summed E-state index contributed by atoms with van der Waals surface area (Å²) in [5.74, 6) is 0. The summed E-state index contributed by atoms with van der Waals surface area (Å²) in [7, 11) is 0. The van der Waals surface area contributed by atoms with Crippen molar-refractivity contribution in [2.24, 2.45) is 0 Å². The quantitative estimate of drug-likeness (QED) is 0.453. The highest BCUT2D eigenvalue weighted by Gasteiger charge is 2.20. The van der Waals surface area contributed by atoms with Crippen LogP contribution in [0, 0.1) is 0 Å². The Morgan fingerprint density at radius 2 is 2.75 bits per heavy atom. The lowest BCUT2D eigenvalue weighted by Crippen LogP contribution is -2.11. The van der Waals surface area contributed by atoms with Crippen LogP contribution in [0.4, 0.5) is 0 Å². The van der Waals surface area contributed by atoms with Crippen LogP contribution in [0.25, 0.3) is 0 Å². The molecule has 1 fully saturated rings. The van der Waals surface area contributed by atoms with Gasteiger partial charge in [0.15, 0.2) is 12.6 Å². The van der Waals surface area contributed by atoms with Crippen LogP contribution in [0.3, 0.4) is 0 Å². The number of carbonyl (C=O) groups excluding carboxylic acids is 1. The predicted octanol–water partition coefficient (Wildman–Crippen LogP) is -0.0533. The van der Waals surface area contributed by atoms with Gasteiger partial charge in [0, 0.05) is 0 Å². The zero-order chi connectivity index (χ0) is 6.91. The summed E-state index contributed by atoms with van der Waals surface area (Å²) in [5, 5.41) is 0. The maximum Gasteiger partial charge on any atom is 0.156 e. The average Bonchev–Trinajstić information content (AvgIpc) is 2.13. The standard InChI is InChI=1S/C5H8O3/c1-4-7-3-5(2-6)8-4/h2,4-5H,3H2,1H3/i5T. The Hall–Kier alpha value is -0.410.